The SMILES string of the molecule is COc1ccc(COC(=O)NCCc2c[nH]c3ccc(F)cc23)cc1. The lowest BCUT2D eigenvalue weighted by Crippen LogP contribution is -2.26. The maximum absolute atomic E-state index is 13.3. The van der Waals surface area contributed by atoms with E-state index in [1.807, 2.05) is 30.5 Å². The Morgan fingerprint density at radius 1 is 1.20 bits per heavy atom. The molecule has 0 aliphatic carbocycles. The van der Waals surface area contributed by atoms with E-state index in [2.05, 4.69) is 10.3 Å². The lowest BCUT2D eigenvalue weighted by atomic mass is 10.1. The molecule has 0 aliphatic heterocycles. The number of nitrogens with one attached hydrogen (secondary N) is 2. The van der Waals surface area contributed by atoms with Crippen molar-refractivity contribution in [2.24, 2.45) is 0 Å². The molecule has 2 aromatic carbocycles. The molecule has 0 saturated heterocycles. The van der Waals surface area contributed by atoms with Crippen molar-refractivity contribution in [3.05, 3.63) is 65.6 Å². The lowest BCUT2D eigenvalue weighted by Gasteiger charge is -2.07. The van der Waals surface area contributed by atoms with Crippen LogP contribution in [-0.4, -0.2) is 24.7 Å². The predicted molar refractivity (Wildman–Crippen MR) is 93.1 cm³/mol. The van der Waals surface area contributed by atoms with Gasteiger partial charge in [0.05, 0.1) is 7.11 Å². The van der Waals surface area contributed by atoms with Crippen LogP contribution in [0.3, 0.4) is 0 Å². The van der Waals surface area contributed by atoms with Gasteiger partial charge in [0.25, 0.3) is 0 Å². The van der Waals surface area contributed by atoms with Crippen LogP contribution in [0.1, 0.15) is 11.1 Å². The van der Waals surface area contributed by atoms with Gasteiger partial charge in [0.1, 0.15) is 18.2 Å². The number of carbonyl (C=O) groups excluding carboxylic acids is 1. The minimum atomic E-state index is -0.484. The zero-order valence-corrected chi connectivity index (χ0v) is 13.8. The van der Waals surface area contributed by atoms with E-state index >= 15 is 0 Å². The molecular weight excluding hydrogens is 323 g/mol. The zero-order chi connectivity index (χ0) is 17.6. The van der Waals surface area contributed by atoms with Crippen molar-refractivity contribution in [3.8, 4) is 5.75 Å². The normalized spacial score (nSPS) is 10.6. The van der Waals surface area contributed by atoms with Crippen LogP contribution in [0.25, 0.3) is 10.9 Å². The summed E-state index contributed by atoms with van der Waals surface area (Å²) in [7, 11) is 1.60. The average Bonchev–Trinajstić information content (AvgIpc) is 3.02. The number of ether oxygens (including phenoxy) is 2. The molecule has 2 N–H and O–H groups in total. The van der Waals surface area contributed by atoms with Crippen LogP contribution in [0.5, 0.6) is 5.75 Å². The lowest BCUT2D eigenvalue weighted by molar-refractivity contribution is 0.140. The molecule has 0 bridgehead atoms. The molecule has 0 fully saturated rings. The van der Waals surface area contributed by atoms with E-state index in [9.17, 15) is 9.18 Å². The Bertz CT molecular complexity index is 859. The third-order valence-corrected chi connectivity index (χ3v) is 3.92. The summed E-state index contributed by atoms with van der Waals surface area (Å²) in [6, 6.07) is 11.9. The smallest absolute Gasteiger partial charge is 0.407 e. The minimum Gasteiger partial charge on any atom is -0.497 e. The first-order valence-electron chi connectivity index (χ1n) is 7.95. The molecule has 1 heterocycles. The molecule has 0 aliphatic rings. The molecule has 0 saturated carbocycles. The molecule has 1 aromatic heterocycles. The number of amides is 1. The van der Waals surface area contributed by atoms with Gasteiger partial charge in [-0.3, -0.25) is 0 Å². The van der Waals surface area contributed by atoms with Crippen LogP contribution in [0.15, 0.2) is 48.7 Å². The molecule has 0 atom stereocenters. The van der Waals surface area contributed by atoms with Gasteiger partial charge in [-0.1, -0.05) is 12.1 Å². The standard InChI is InChI=1S/C19H19FN2O3/c1-24-16-5-2-13(3-6-16)12-25-19(23)21-9-8-14-11-22-18-7-4-15(20)10-17(14)18/h2-7,10-11,22H,8-9,12H2,1H3,(H,21,23). The molecule has 5 nitrogen and oxygen atoms in total. The monoisotopic (exact) mass is 342 g/mol. The van der Waals surface area contributed by atoms with Crippen LogP contribution in [0.4, 0.5) is 9.18 Å². The number of halogens is 1. The van der Waals surface area contributed by atoms with Gasteiger partial charge in [0, 0.05) is 23.6 Å². The van der Waals surface area contributed by atoms with E-state index in [0.717, 1.165) is 27.8 Å². The topological polar surface area (TPSA) is 63.4 Å². The molecule has 0 spiro atoms. The quantitative estimate of drug-likeness (QED) is 0.716. The molecule has 3 rings (SSSR count). The van der Waals surface area contributed by atoms with E-state index in [0.29, 0.717) is 13.0 Å². The van der Waals surface area contributed by atoms with E-state index < -0.39 is 6.09 Å². The van der Waals surface area contributed by atoms with Gasteiger partial charge < -0.3 is 19.8 Å². The van der Waals surface area contributed by atoms with Gasteiger partial charge in [-0.15, -0.1) is 0 Å². The van der Waals surface area contributed by atoms with Crippen molar-refractivity contribution in [2.45, 2.75) is 13.0 Å². The van der Waals surface area contributed by atoms with Crippen LogP contribution in [-0.2, 0) is 17.8 Å². The molecule has 130 valence electrons. The highest BCUT2D eigenvalue weighted by molar-refractivity contribution is 5.83. The molecule has 1 amide bonds. The third kappa shape index (κ3) is 4.29. The molecule has 6 heteroatoms. The van der Waals surface area contributed by atoms with Gasteiger partial charge in [-0.05, 0) is 47.9 Å². The first-order chi connectivity index (χ1) is 12.2. The third-order valence-electron chi connectivity index (χ3n) is 3.92. The van der Waals surface area contributed by atoms with Crippen LogP contribution < -0.4 is 10.1 Å². The fourth-order valence-corrected chi connectivity index (χ4v) is 2.58. The number of methoxy groups -OCH3 is 1. The van der Waals surface area contributed by atoms with Crippen molar-refractivity contribution in [2.75, 3.05) is 13.7 Å². The number of hydrogen-bond donors (Lipinski definition) is 2. The first-order valence-corrected chi connectivity index (χ1v) is 7.95. The average molecular weight is 342 g/mol. The summed E-state index contributed by atoms with van der Waals surface area (Å²) in [4.78, 5) is 14.8. The molecule has 0 radical (unpaired) electrons. The van der Waals surface area contributed by atoms with Gasteiger partial charge in [0.15, 0.2) is 0 Å². The largest absolute Gasteiger partial charge is 0.497 e. The van der Waals surface area contributed by atoms with E-state index in [4.69, 9.17) is 9.47 Å². The number of H-pyrrole nitrogens is 1. The Morgan fingerprint density at radius 3 is 2.76 bits per heavy atom. The number of rotatable bonds is 6. The summed E-state index contributed by atoms with van der Waals surface area (Å²) >= 11 is 0. The van der Waals surface area contributed by atoms with E-state index in [1.165, 1.54) is 12.1 Å². The number of aromatic nitrogens is 1. The molecule has 0 unspecified atom stereocenters. The summed E-state index contributed by atoms with van der Waals surface area (Å²) in [5.41, 5.74) is 2.70. The van der Waals surface area contributed by atoms with Crippen molar-refractivity contribution < 1.29 is 18.7 Å². The Morgan fingerprint density at radius 2 is 2.00 bits per heavy atom. The summed E-state index contributed by atoms with van der Waals surface area (Å²) < 4.78 is 23.6. The maximum Gasteiger partial charge on any atom is 0.407 e. The Kier molecular flexibility index (Phi) is 5.18. The maximum atomic E-state index is 13.3. The van der Waals surface area contributed by atoms with Crippen molar-refractivity contribution >= 4 is 17.0 Å². The van der Waals surface area contributed by atoms with E-state index in [-0.39, 0.29) is 12.4 Å². The van der Waals surface area contributed by atoms with Crippen LogP contribution in [0.2, 0.25) is 0 Å². The van der Waals surface area contributed by atoms with Gasteiger partial charge >= 0.3 is 6.09 Å². The highest BCUT2D eigenvalue weighted by Gasteiger charge is 2.07. The highest BCUT2D eigenvalue weighted by Crippen LogP contribution is 2.19. The minimum absolute atomic E-state index is 0.189. The molecule has 25 heavy (non-hydrogen) atoms. The number of carbonyl (C=O) groups is 1. The number of fused-ring (bicyclic) bond motifs is 1. The summed E-state index contributed by atoms with van der Waals surface area (Å²) in [5.74, 6) is 0.476. The number of benzene rings is 2. The first kappa shape index (κ1) is 16.8. The molecular formula is C19H19FN2O3. The second-order valence-electron chi connectivity index (χ2n) is 5.60. The Labute approximate surface area is 144 Å². The van der Waals surface area contributed by atoms with Gasteiger partial charge in [-0.25, -0.2) is 9.18 Å². The number of aromatic amines is 1. The molecule has 3 aromatic rings. The second kappa shape index (κ2) is 7.70. The fraction of sp³-hybridized carbons (Fsp3) is 0.211. The second-order valence-corrected chi connectivity index (χ2v) is 5.60. The summed E-state index contributed by atoms with van der Waals surface area (Å²) in [6.45, 7) is 0.596. The fourth-order valence-electron chi connectivity index (χ4n) is 2.58. The van der Waals surface area contributed by atoms with Crippen molar-refractivity contribution in [1.82, 2.24) is 10.3 Å². The van der Waals surface area contributed by atoms with Gasteiger partial charge in [0.2, 0.25) is 0 Å². The van der Waals surface area contributed by atoms with Crippen molar-refractivity contribution in [1.29, 1.82) is 0 Å². The highest BCUT2D eigenvalue weighted by atomic mass is 19.1. The zero-order valence-electron chi connectivity index (χ0n) is 13.8. The summed E-state index contributed by atoms with van der Waals surface area (Å²) in [5, 5.41) is 3.53. The van der Waals surface area contributed by atoms with Crippen LogP contribution in [0, 0.1) is 5.82 Å². The predicted octanol–water partition coefficient (Wildman–Crippen LogP) is 3.78. The van der Waals surface area contributed by atoms with Crippen LogP contribution >= 0.6 is 0 Å². The number of alkyl carbamates (subject to hydrolysis) is 1. The Balaban J connectivity index is 1.46. The Hall–Kier alpha value is -3.02. The van der Waals surface area contributed by atoms with Gasteiger partial charge in [-0.2, -0.15) is 0 Å². The van der Waals surface area contributed by atoms with E-state index in [1.54, 1.807) is 13.2 Å². The van der Waals surface area contributed by atoms with Crippen molar-refractivity contribution in [3.63, 3.8) is 0 Å². The summed E-state index contributed by atoms with van der Waals surface area (Å²) in [6.07, 6.45) is 1.93. The number of hydrogen-bond acceptors (Lipinski definition) is 3.